The molecule has 0 aliphatic heterocycles. The molecule has 0 aliphatic rings. The quantitative estimate of drug-likeness (QED) is 0.150. The predicted molar refractivity (Wildman–Crippen MR) is 162 cm³/mol. The maximum absolute atomic E-state index is 13.6. The second-order valence-electron chi connectivity index (χ2n) is 10.4. The maximum atomic E-state index is 13.6. The number of halogens is 2. The first-order chi connectivity index (χ1) is 21.5. The van der Waals surface area contributed by atoms with Crippen molar-refractivity contribution < 1.29 is 55.1 Å². The first-order valence-corrected chi connectivity index (χ1v) is 16.2. The van der Waals surface area contributed by atoms with E-state index in [1.165, 1.54) is 20.4 Å². The highest BCUT2D eigenvalue weighted by Gasteiger charge is 2.42. The fraction of sp³-hybridized carbons (Fsp3) is 0.536. The number of ether oxygens (including phenoxy) is 2. The molecule has 0 radical (unpaired) electrons. The van der Waals surface area contributed by atoms with Crippen LogP contribution in [0.3, 0.4) is 0 Å². The number of aryl methyl sites for hydroxylation is 1. The third-order valence-electron chi connectivity index (χ3n) is 6.55. The summed E-state index contributed by atoms with van der Waals surface area (Å²) in [5.41, 5.74) is -2.03. The van der Waals surface area contributed by atoms with E-state index in [-0.39, 0.29) is 18.1 Å². The van der Waals surface area contributed by atoms with E-state index in [4.69, 9.17) is 9.47 Å². The third kappa shape index (κ3) is 11.7. The van der Waals surface area contributed by atoms with Crippen molar-refractivity contribution in [1.82, 2.24) is 20.9 Å². The lowest BCUT2D eigenvalue weighted by Crippen LogP contribution is -2.60. The molecule has 1 aromatic heterocycles. The fourth-order valence-electron chi connectivity index (χ4n) is 4.10. The maximum Gasteiger partial charge on any atom is 0.273 e. The highest BCUT2D eigenvalue weighted by molar-refractivity contribution is 7.86. The number of methoxy groups -OCH3 is 2. The Bertz CT molecular complexity index is 1440. The number of thiazole rings is 1. The molecule has 1 unspecified atom stereocenters. The Morgan fingerprint density at radius 1 is 1.00 bits per heavy atom. The minimum atomic E-state index is -4.80. The summed E-state index contributed by atoms with van der Waals surface area (Å²) < 4.78 is 63.6. The van der Waals surface area contributed by atoms with E-state index in [1.807, 2.05) is 0 Å². The van der Waals surface area contributed by atoms with Crippen molar-refractivity contribution in [1.29, 1.82) is 0 Å². The summed E-state index contributed by atoms with van der Waals surface area (Å²) in [5, 5.41) is 19.0. The van der Waals surface area contributed by atoms with E-state index < -0.39 is 82.1 Å². The van der Waals surface area contributed by atoms with Crippen molar-refractivity contribution in [3.63, 3.8) is 0 Å². The molecule has 3 amide bonds. The van der Waals surface area contributed by atoms with Crippen LogP contribution in [0.2, 0.25) is 0 Å². The van der Waals surface area contributed by atoms with Crippen LogP contribution in [0, 0.1) is 6.92 Å². The van der Waals surface area contributed by atoms with Gasteiger partial charge >= 0.3 is 0 Å². The monoisotopic (exact) mass is 692 g/mol. The van der Waals surface area contributed by atoms with E-state index >= 15 is 0 Å². The van der Waals surface area contributed by atoms with Crippen molar-refractivity contribution in [3.8, 4) is 0 Å². The van der Waals surface area contributed by atoms with E-state index in [1.54, 1.807) is 44.2 Å². The molecule has 0 aliphatic carbocycles. The summed E-state index contributed by atoms with van der Waals surface area (Å²) in [6, 6.07) is 4.12. The topological polar surface area (TPSA) is 199 Å². The standard InChI is InChI=1S/C28H38F2N4O10S2/c1-16(18-9-7-6-8-10-18)23(24(35)28(3,39)15-44-46(40,41)14-22(29)30)34-26(37)20(13-43-5)32-25(36)19(12-42-4)33-27(38)21-11-31-17(2)45-21/h6-11,16,19-20,22-23,39H,12-15H2,1-5H3,(H,32,36)(H,33,38)(H,34,37)/t16-,19+,20+,23+,28?/m1/s1. The van der Waals surface area contributed by atoms with Crippen LogP contribution in [0.5, 0.6) is 0 Å². The molecule has 4 N–H and O–H groups in total. The molecule has 0 saturated heterocycles. The number of aliphatic hydroxyl groups is 1. The third-order valence-corrected chi connectivity index (χ3v) is 8.60. The Kier molecular flexibility index (Phi) is 14.7. The number of hydrogen-bond donors (Lipinski definition) is 4. The van der Waals surface area contributed by atoms with Gasteiger partial charge in [-0.2, -0.15) is 8.42 Å². The Balaban J connectivity index is 2.31. The summed E-state index contributed by atoms with van der Waals surface area (Å²) in [4.78, 5) is 57.3. The number of ketones is 1. The SMILES string of the molecule is COC[C@H](NC(=O)c1cnc(C)s1)C(=O)N[C@@H](COC)C(=O)N[C@H](C(=O)C(C)(O)COS(=O)(=O)CC(F)F)[C@H](C)c1ccccc1. The summed E-state index contributed by atoms with van der Waals surface area (Å²) in [5.74, 6) is -5.93. The van der Waals surface area contributed by atoms with Gasteiger partial charge in [-0.25, -0.2) is 13.8 Å². The number of nitrogens with one attached hydrogen (secondary N) is 3. The zero-order valence-electron chi connectivity index (χ0n) is 25.8. The lowest BCUT2D eigenvalue weighted by Gasteiger charge is -2.32. The second kappa shape index (κ2) is 17.5. The van der Waals surface area contributed by atoms with Crippen molar-refractivity contribution in [3.05, 3.63) is 52.0 Å². The van der Waals surface area contributed by atoms with Gasteiger partial charge in [0.05, 0.1) is 30.5 Å². The van der Waals surface area contributed by atoms with Gasteiger partial charge in [-0.15, -0.1) is 11.3 Å². The van der Waals surface area contributed by atoms with Crippen LogP contribution in [-0.4, -0.2) is 112 Å². The number of Topliss-reactive ketones (excluding diaryl/α,β-unsaturated/α-hetero) is 1. The normalized spacial score (nSPS) is 15.7. The molecule has 18 heteroatoms. The van der Waals surface area contributed by atoms with Gasteiger partial charge in [0.2, 0.25) is 11.8 Å². The molecular weight excluding hydrogens is 654 g/mol. The number of alkyl halides is 2. The van der Waals surface area contributed by atoms with Gasteiger partial charge in [-0.1, -0.05) is 37.3 Å². The number of hydrogen-bond acceptors (Lipinski definition) is 12. The highest BCUT2D eigenvalue weighted by atomic mass is 32.2. The van der Waals surface area contributed by atoms with E-state index in [0.29, 0.717) is 10.6 Å². The second-order valence-corrected chi connectivity index (χ2v) is 13.4. The summed E-state index contributed by atoms with van der Waals surface area (Å²) >= 11 is 1.11. The summed E-state index contributed by atoms with van der Waals surface area (Å²) in [6.45, 7) is 2.32. The Labute approximate surface area is 269 Å². The molecule has 0 saturated carbocycles. The summed E-state index contributed by atoms with van der Waals surface area (Å²) in [7, 11) is -2.24. The minimum Gasteiger partial charge on any atom is -0.382 e. The van der Waals surface area contributed by atoms with Gasteiger partial charge in [0.15, 0.2) is 5.78 Å². The number of nitrogens with zero attached hydrogens (tertiary/aromatic N) is 1. The Hall–Kier alpha value is -3.42. The van der Waals surface area contributed by atoms with Crippen molar-refractivity contribution >= 4 is 45.0 Å². The van der Waals surface area contributed by atoms with Crippen molar-refractivity contribution in [2.24, 2.45) is 0 Å². The van der Waals surface area contributed by atoms with Crippen LogP contribution >= 0.6 is 11.3 Å². The fourth-order valence-corrected chi connectivity index (χ4v) is 5.60. The molecular formula is C28H38F2N4O10S2. The summed E-state index contributed by atoms with van der Waals surface area (Å²) in [6.07, 6.45) is -1.91. The first-order valence-electron chi connectivity index (χ1n) is 13.8. The number of rotatable bonds is 19. The smallest absolute Gasteiger partial charge is 0.273 e. The van der Waals surface area contributed by atoms with Gasteiger partial charge < -0.3 is 30.5 Å². The molecule has 0 spiro atoms. The van der Waals surface area contributed by atoms with Crippen molar-refractivity contribution in [2.45, 2.75) is 56.8 Å². The average molecular weight is 693 g/mol. The Morgan fingerprint density at radius 3 is 2.09 bits per heavy atom. The zero-order chi connectivity index (χ0) is 34.7. The molecule has 5 atom stereocenters. The number of carbonyl (C=O) groups is 4. The highest BCUT2D eigenvalue weighted by Crippen LogP contribution is 2.24. The molecule has 256 valence electrons. The van der Waals surface area contributed by atoms with Gasteiger partial charge in [0.25, 0.3) is 22.5 Å². The molecule has 0 bridgehead atoms. The van der Waals surface area contributed by atoms with Gasteiger partial charge in [0.1, 0.15) is 34.9 Å². The first kappa shape index (κ1) is 38.8. The number of aromatic nitrogens is 1. The molecule has 2 rings (SSSR count). The van der Waals surface area contributed by atoms with Gasteiger partial charge in [-0.05, 0) is 19.4 Å². The molecule has 14 nitrogen and oxygen atoms in total. The van der Waals surface area contributed by atoms with Crippen LogP contribution in [0.4, 0.5) is 8.78 Å². The van der Waals surface area contributed by atoms with E-state index in [9.17, 15) is 41.5 Å². The predicted octanol–water partition coefficient (Wildman–Crippen LogP) is 0.548. The van der Waals surface area contributed by atoms with Crippen LogP contribution in [0.1, 0.15) is 40.0 Å². The molecule has 1 aromatic carbocycles. The lowest BCUT2D eigenvalue weighted by atomic mass is 9.84. The van der Waals surface area contributed by atoms with E-state index in [0.717, 1.165) is 18.3 Å². The average Bonchev–Trinajstić information content (AvgIpc) is 3.43. The number of amides is 3. The van der Waals surface area contributed by atoms with E-state index in [2.05, 4.69) is 25.1 Å². The number of carbonyl (C=O) groups excluding carboxylic acids is 4. The molecule has 0 fully saturated rings. The molecule has 2 aromatic rings. The van der Waals surface area contributed by atoms with Crippen LogP contribution in [-0.2, 0) is 38.2 Å². The number of benzene rings is 1. The largest absolute Gasteiger partial charge is 0.382 e. The van der Waals surface area contributed by atoms with Gasteiger partial charge in [0, 0.05) is 20.1 Å². The lowest BCUT2D eigenvalue weighted by molar-refractivity contribution is -0.143. The molecule has 1 heterocycles. The van der Waals surface area contributed by atoms with Crippen LogP contribution < -0.4 is 16.0 Å². The zero-order valence-corrected chi connectivity index (χ0v) is 27.5. The Morgan fingerprint density at radius 2 is 1.57 bits per heavy atom. The minimum absolute atomic E-state index is 0.242. The van der Waals surface area contributed by atoms with Crippen LogP contribution in [0.15, 0.2) is 36.5 Å². The van der Waals surface area contributed by atoms with Crippen LogP contribution in [0.25, 0.3) is 0 Å². The van der Waals surface area contributed by atoms with Gasteiger partial charge in [-0.3, -0.25) is 23.4 Å². The van der Waals surface area contributed by atoms with Crippen molar-refractivity contribution in [2.75, 3.05) is 39.8 Å². The molecule has 46 heavy (non-hydrogen) atoms.